The van der Waals surface area contributed by atoms with E-state index in [0.29, 0.717) is 22.8 Å². The van der Waals surface area contributed by atoms with E-state index < -0.39 is 22.0 Å². The number of carbonyl (C=O) groups is 1. The van der Waals surface area contributed by atoms with Gasteiger partial charge in [-0.1, -0.05) is 35.9 Å². The van der Waals surface area contributed by atoms with Crippen LogP contribution < -0.4 is 5.32 Å². The standard InChI is InChI=1S/C20H17ClN2O4S/c21-15-7-5-13(6-8-15)11-14-9-10-23-20(14)17(12-19(24)25)22-16-3-1-2-4-18(16)28(23,26)27/h1-10,17,22H,11-12H2,(H,24,25). The van der Waals surface area contributed by atoms with Crippen molar-refractivity contribution in [2.45, 2.75) is 23.8 Å². The molecule has 2 N–H and O–H groups in total. The van der Waals surface area contributed by atoms with Crippen LogP contribution in [0.3, 0.4) is 0 Å². The molecule has 0 fully saturated rings. The van der Waals surface area contributed by atoms with Gasteiger partial charge in [0.15, 0.2) is 0 Å². The van der Waals surface area contributed by atoms with Gasteiger partial charge in [0.2, 0.25) is 0 Å². The molecule has 0 aliphatic carbocycles. The van der Waals surface area contributed by atoms with Crippen LogP contribution >= 0.6 is 11.6 Å². The number of hydrogen-bond acceptors (Lipinski definition) is 4. The van der Waals surface area contributed by atoms with Crippen LogP contribution in [0.25, 0.3) is 0 Å². The fourth-order valence-corrected chi connectivity index (χ4v) is 5.24. The van der Waals surface area contributed by atoms with E-state index in [1.807, 2.05) is 12.1 Å². The second-order valence-corrected chi connectivity index (χ2v) is 8.84. The first kappa shape index (κ1) is 18.6. The van der Waals surface area contributed by atoms with E-state index in [0.717, 1.165) is 11.1 Å². The van der Waals surface area contributed by atoms with Crippen molar-refractivity contribution >= 4 is 33.3 Å². The van der Waals surface area contributed by atoms with E-state index in [4.69, 9.17) is 11.6 Å². The van der Waals surface area contributed by atoms with Crippen LogP contribution in [0.1, 0.15) is 29.3 Å². The monoisotopic (exact) mass is 416 g/mol. The van der Waals surface area contributed by atoms with Crippen molar-refractivity contribution in [3.8, 4) is 0 Å². The quantitative estimate of drug-likeness (QED) is 0.673. The van der Waals surface area contributed by atoms with Gasteiger partial charge in [-0.05, 0) is 47.9 Å². The fraction of sp³-hybridized carbons (Fsp3) is 0.150. The highest BCUT2D eigenvalue weighted by Crippen LogP contribution is 2.37. The third-order valence-corrected chi connectivity index (χ3v) is 6.75. The van der Waals surface area contributed by atoms with Crippen molar-refractivity contribution in [1.29, 1.82) is 0 Å². The van der Waals surface area contributed by atoms with Crippen molar-refractivity contribution in [3.63, 3.8) is 0 Å². The first-order valence-electron chi connectivity index (χ1n) is 8.64. The molecule has 1 aliphatic rings. The number of benzene rings is 2. The second-order valence-electron chi connectivity index (χ2n) is 6.62. The normalized spacial score (nSPS) is 17.1. The minimum absolute atomic E-state index is 0.123. The number of halogens is 1. The smallest absolute Gasteiger partial charge is 0.305 e. The molecule has 4 rings (SSSR count). The lowest BCUT2D eigenvalue weighted by Gasteiger charge is -2.18. The maximum absolute atomic E-state index is 13.2. The number of anilines is 1. The molecule has 0 radical (unpaired) electrons. The molecule has 0 amide bonds. The van der Waals surface area contributed by atoms with Crippen LogP contribution in [0.15, 0.2) is 65.7 Å². The Morgan fingerprint density at radius 2 is 1.82 bits per heavy atom. The highest BCUT2D eigenvalue weighted by Gasteiger charge is 2.33. The first-order chi connectivity index (χ1) is 13.4. The van der Waals surface area contributed by atoms with Crippen molar-refractivity contribution < 1.29 is 18.3 Å². The van der Waals surface area contributed by atoms with Gasteiger partial charge < -0.3 is 10.4 Å². The third kappa shape index (κ3) is 3.27. The summed E-state index contributed by atoms with van der Waals surface area (Å²) in [6.45, 7) is 0. The summed E-state index contributed by atoms with van der Waals surface area (Å²) < 4.78 is 27.6. The van der Waals surface area contributed by atoms with Crippen LogP contribution in [0.5, 0.6) is 0 Å². The molecule has 6 nitrogen and oxygen atoms in total. The Morgan fingerprint density at radius 3 is 2.54 bits per heavy atom. The molecule has 28 heavy (non-hydrogen) atoms. The number of carboxylic acids is 1. The van der Waals surface area contributed by atoms with Gasteiger partial charge in [0.05, 0.1) is 23.8 Å². The number of rotatable bonds is 4. The largest absolute Gasteiger partial charge is 0.481 e. The molecule has 0 spiro atoms. The lowest BCUT2D eigenvalue weighted by Crippen LogP contribution is -2.19. The van der Waals surface area contributed by atoms with Gasteiger partial charge in [-0.2, -0.15) is 0 Å². The van der Waals surface area contributed by atoms with Crippen molar-refractivity contribution in [1.82, 2.24) is 3.97 Å². The lowest BCUT2D eigenvalue weighted by molar-refractivity contribution is -0.137. The molecule has 144 valence electrons. The predicted octanol–water partition coefficient (Wildman–Crippen LogP) is 3.91. The second kappa shape index (κ2) is 7.00. The van der Waals surface area contributed by atoms with Crippen molar-refractivity contribution in [3.05, 3.63) is 82.6 Å². The molecule has 2 heterocycles. The molecule has 2 aromatic carbocycles. The van der Waals surface area contributed by atoms with E-state index in [-0.39, 0.29) is 11.3 Å². The van der Waals surface area contributed by atoms with Gasteiger partial charge in [-0.15, -0.1) is 0 Å². The average molecular weight is 417 g/mol. The maximum Gasteiger partial charge on any atom is 0.305 e. The summed E-state index contributed by atoms with van der Waals surface area (Å²) in [4.78, 5) is 11.6. The number of carboxylic acid groups (broad SMARTS) is 1. The summed E-state index contributed by atoms with van der Waals surface area (Å²) in [7, 11) is -3.84. The van der Waals surface area contributed by atoms with Crippen LogP contribution in [-0.4, -0.2) is 23.5 Å². The van der Waals surface area contributed by atoms with Crippen molar-refractivity contribution in [2.24, 2.45) is 0 Å². The maximum atomic E-state index is 13.2. The number of nitrogens with zero attached hydrogens (tertiary/aromatic N) is 1. The zero-order chi connectivity index (χ0) is 19.9. The minimum Gasteiger partial charge on any atom is -0.481 e. The molecule has 1 aromatic heterocycles. The number of fused-ring (bicyclic) bond motifs is 2. The number of nitrogens with one attached hydrogen (secondary N) is 1. The average Bonchev–Trinajstić information content (AvgIpc) is 3.04. The number of para-hydroxylation sites is 1. The summed E-state index contributed by atoms with van der Waals surface area (Å²) in [5.41, 5.74) is 2.53. The number of aromatic nitrogens is 1. The molecular formula is C20H17ClN2O4S. The number of aliphatic carboxylic acids is 1. The topological polar surface area (TPSA) is 88.4 Å². The van der Waals surface area contributed by atoms with E-state index in [2.05, 4.69) is 5.32 Å². The van der Waals surface area contributed by atoms with Gasteiger partial charge in [-0.25, -0.2) is 12.4 Å². The molecule has 1 atom stereocenters. The summed E-state index contributed by atoms with van der Waals surface area (Å²) in [5.74, 6) is -1.01. The van der Waals surface area contributed by atoms with Gasteiger partial charge >= 0.3 is 5.97 Å². The Bertz CT molecular complexity index is 1150. The molecule has 0 saturated carbocycles. The zero-order valence-electron chi connectivity index (χ0n) is 14.7. The van der Waals surface area contributed by atoms with E-state index in [1.54, 1.807) is 36.4 Å². The molecule has 0 saturated heterocycles. The molecular weight excluding hydrogens is 400 g/mol. The molecule has 8 heteroatoms. The Kier molecular flexibility index (Phi) is 4.64. The highest BCUT2D eigenvalue weighted by molar-refractivity contribution is 7.90. The van der Waals surface area contributed by atoms with Gasteiger partial charge in [0.25, 0.3) is 10.0 Å². The summed E-state index contributed by atoms with van der Waals surface area (Å²) in [6.07, 6.45) is 1.71. The van der Waals surface area contributed by atoms with Gasteiger partial charge in [-0.3, -0.25) is 4.79 Å². The van der Waals surface area contributed by atoms with E-state index in [1.165, 1.54) is 16.2 Å². The molecule has 1 unspecified atom stereocenters. The zero-order valence-corrected chi connectivity index (χ0v) is 16.2. The number of hydrogen-bond donors (Lipinski definition) is 2. The first-order valence-corrected chi connectivity index (χ1v) is 10.5. The van der Waals surface area contributed by atoms with Crippen LogP contribution in [0.2, 0.25) is 5.02 Å². The van der Waals surface area contributed by atoms with Crippen LogP contribution in [-0.2, 0) is 21.2 Å². The summed E-state index contributed by atoms with van der Waals surface area (Å²) in [5, 5.41) is 13.1. The van der Waals surface area contributed by atoms with E-state index in [9.17, 15) is 18.3 Å². The molecule has 3 aromatic rings. The Labute approximate surface area is 167 Å². The van der Waals surface area contributed by atoms with Crippen LogP contribution in [0.4, 0.5) is 5.69 Å². The van der Waals surface area contributed by atoms with Gasteiger partial charge in [0.1, 0.15) is 4.90 Å². The Balaban J connectivity index is 1.87. The lowest BCUT2D eigenvalue weighted by atomic mass is 10.00. The summed E-state index contributed by atoms with van der Waals surface area (Å²) >= 11 is 5.94. The van der Waals surface area contributed by atoms with Gasteiger partial charge in [0, 0.05) is 11.2 Å². The predicted molar refractivity (Wildman–Crippen MR) is 106 cm³/mol. The van der Waals surface area contributed by atoms with Crippen molar-refractivity contribution in [2.75, 3.05) is 5.32 Å². The fourth-order valence-electron chi connectivity index (χ4n) is 3.52. The Hall–Kier alpha value is -2.77. The SMILES string of the molecule is O=C(O)CC1Nc2ccccc2S(=O)(=O)n2ccc(Cc3ccc(Cl)cc3)c21. The third-order valence-electron chi connectivity index (χ3n) is 4.75. The summed E-state index contributed by atoms with van der Waals surface area (Å²) in [6, 6.07) is 14.8. The highest BCUT2D eigenvalue weighted by atomic mass is 35.5. The van der Waals surface area contributed by atoms with E-state index >= 15 is 0 Å². The van der Waals surface area contributed by atoms with Crippen LogP contribution in [0, 0.1) is 0 Å². The minimum atomic E-state index is -3.84. The molecule has 1 aliphatic heterocycles. The Morgan fingerprint density at radius 1 is 1.11 bits per heavy atom. The molecule has 0 bridgehead atoms.